The lowest BCUT2D eigenvalue weighted by Crippen LogP contribution is -2.06. The fourth-order valence-corrected chi connectivity index (χ4v) is 2.64. The van der Waals surface area contributed by atoms with Gasteiger partial charge in [-0.1, -0.05) is 60.1 Å². The van der Waals surface area contributed by atoms with Crippen molar-refractivity contribution in [3.63, 3.8) is 0 Å². The van der Waals surface area contributed by atoms with Gasteiger partial charge in [0.25, 0.3) is 0 Å². The molecular formula is C20H16ClNO2. The zero-order chi connectivity index (χ0) is 16.9. The average molecular weight is 338 g/mol. The van der Waals surface area contributed by atoms with E-state index in [1.54, 1.807) is 24.3 Å². The maximum absolute atomic E-state index is 12.3. The Morgan fingerprint density at radius 1 is 0.917 bits per heavy atom. The van der Waals surface area contributed by atoms with Crippen molar-refractivity contribution in [3.8, 4) is 11.1 Å². The first-order valence-corrected chi connectivity index (χ1v) is 7.88. The van der Waals surface area contributed by atoms with Gasteiger partial charge in [0.05, 0.1) is 5.56 Å². The first kappa shape index (κ1) is 16.1. The Hall–Kier alpha value is -2.78. The van der Waals surface area contributed by atoms with E-state index in [1.165, 1.54) is 0 Å². The molecule has 0 radical (unpaired) electrons. The summed E-state index contributed by atoms with van der Waals surface area (Å²) in [6.07, 6.45) is 0. The molecule has 0 heterocycles. The first-order chi connectivity index (χ1) is 11.6. The number of nitrogen functional groups attached to an aromatic ring is 1. The molecule has 0 fully saturated rings. The summed E-state index contributed by atoms with van der Waals surface area (Å²) in [6, 6.07) is 22.0. The van der Waals surface area contributed by atoms with Crippen molar-refractivity contribution in [2.45, 2.75) is 6.61 Å². The van der Waals surface area contributed by atoms with Gasteiger partial charge in [-0.15, -0.1) is 0 Å². The zero-order valence-corrected chi connectivity index (χ0v) is 13.7. The number of anilines is 1. The monoisotopic (exact) mass is 337 g/mol. The van der Waals surface area contributed by atoms with Gasteiger partial charge in [0.1, 0.15) is 6.61 Å². The average Bonchev–Trinajstić information content (AvgIpc) is 2.62. The largest absolute Gasteiger partial charge is 0.457 e. The maximum Gasteiger partial charge on any atom is 0.338 e. The molecule has 3 nitrogen and oxygen atoms in total. The van der Waals surface area contributed by atoms with Crippen LogP contribution in [0, 0.1) is 0 Å². The second kappa shape index (κ2) is 7.20. The first-order valence-electron chi connectivity index (χ1n) is 7.50. The molecule has 4 heteroatoms. The number of esters is 1. The van der Waals surface area contributed by atoms with Crippen LogP contribution in [-0.2, 0) is 11.3 Å². The van der Waals surface area contributed by atoms with Gasteiger partial charge < -0.3 is 10.5 Å². The summed E-state index contributed by atoms with van der Waals surface area (Å²) in [5.41, 5.74) is 9.48. The highest BCUT2D eigenvalue weighted by Crippen LogP contribution is 2.32. The number of hydrogen-bond donors (Lipinski definition) is 1. The fourth-order valence-electron chi connectivity index (χ4n) is 2.40. The van der Waals surface area contributed by atoms with Crippen LogP contribution in [0.4, 0.5) is 5.69 Å². The van der Waals surface area contributed by atoms with Crippen molar-refractivity contribution in [2.24, 2.45) is 0 Å². The third kappa shape index (κ3) is 3.58. The van der Waals surface area contributed by atoms with E-state index in [2.05, 4.69) is 0 Å². The molecule has 3 rings (SSSR count). The molecule has 0 saturated heterocycles. The van der Waals surface area contributed by atoms with Gasteiger partial charge in [-0.3, -0.25) is 0 Å². The van der Waals surface area contributed by atoms with Crippen molar-refractivity contribution < 1.29 is 9.53 Å². The van der Waals surface area contributed by atoms with Crippen LogP contribution in [0.15, 0.2) is 72.8 Å². The second-order valence-electron chi connectivity index (χ2n) is 5.34. The van der Waals surface area contributed by atoms with Gasteiger partial charge in [-0.25, -0.2) is 4.79 Å². The Kier molecular flexibility index (Phi) is 4.82. The molecule has 0 aromatic heterocycles. The van der Waals surface area contributed by atoms with Crippen LogP contribution >= 0.6 is 11.6 Å². The fraction of sp³-hybridized carbons (Fsp3) is 0.0500. The second-order valence-corrected chi connectivity index (χ2v) is 5.75. The van der Waals surface area contributed by atoms with E-state index >= 15 is 0 Å². The third-order valence-corrected chi connectivity index (χ3v) is 4.00. The number of rotatable bonds is 4. The van der Waals surface area contributed by atoms with Gasteiger partial charge >= 0.3 is 5.97 Å². The summed E-state index contributed by atoms with van der Waals surface area (Å²) in [7, 11) is 0. The Morgan fingerprint density at radius 3 is 2.38 bits per heavy atom. The minimum Gasteiger partial charge on any atom is -0.457 e. The van der Waals surface area contributed by atoms with E-state index in [1.807, 2.05) is 48.5 Å². The van der Waals surface area contributed by atoms with Crippen molar-refractivity contribution in [3.05, 3.63) is 88.9 Å². The van der Waals surface area contributed by atoms with Crippen LogP contribution < -0.4 is 5.73 Å². The molecule has 0 aliphatic heterocycles. The molecule has 0 saturated carbocycles. The summed E-state index contributed by atoms with van der Waals surface area (Å²) in [5, 5.41) is 0.582. The molecule has 0 aliphatic rings. The summed E-state index contributed by atoms with van der Waals surface area (Å²) < 4.78 is 5.36. The molecule has 0 aliphatic carbocycles. The van der Waals surface area contributed by atoms with Crippen molar-refractivity contribution in [2.75, 3.05) is 5.73 Å². The van der Waals surface area contributed by atoms with Crippen LogP contribution in [0.2, 0.25) is 5.02 Å². The van der Waals surface area contributed by atoms with E-state index in [4.69, 9.17) is 22.1 Å². The lowest BCUT2D eigenvalue weighted by Gasteiger charge is -2.10. The molecule has 0 spiro atoms. The highest BCUT2D eigenvalue weighted by atomic mass is 35.5. The number of carbonyl (C=O) groups is 1. The van der Waals surface area contributed by atoms with E-state index in [9.17, 15) is 4.79 Å². The van der Waals surface area contributed by atoms with Crippen LogP contribution in [0.25, 0.3) is 11.1 Å². The predicted molar refractivity (Wildman–Crippen MR) is 96.9 cm³/mol. The molecule has 0 unspecified atom stereocenters. The van der Waals surface area contributed by atoms with E-state index in [0.717, 1.165) is 16.7 Å². The quantitative estimate of drug-likeness (QED) is 0.541. The number of benzene rings is 3. The van der Waals surface area contributed by atoms with Crippen LogP contribution in [0.3, 0.4) is 0 Å². The SMILES string of the molecule is Nc1ccc(C(=O)OCc2ccccc2)cc1-c1ccccc1Cl. The topological polar surface area (TPSA) is 52.3 Å². The van der Waals surface area contributed by atoms with Gasteiger partial charge in [-0.05, 0) is 29.8 Å². The van der Waals surface area contributed by atoms with E-state index in [0.29, 0.717) is 16.3 Å². The minimum atomic E-state index is -0.396. The lowest BCUT2D eigenvalue weighted by molar-refractivity contribution is 0.0473. The molecule has 24 heavy (non-hydrogen) atoms. The molecule has 3 aromatic rings. The Labute approximate surface area is 145 Å². The molecule has 2 N–H and O–H groups in total. The van der Waals surface area contributed by atoms with Gasteiger partial charge in [0, 0.05) is 21.8 Å². The summed E-state index contributed by atoms with van der Waals surface area (Å²) in [5.74, 6) is -0.396. The predicted octanol–water partition coefficient (Wildman–Crippen LogP) is 4.95. The standard InChI is InChI=1S/C20H16ClNO2/c21-18-9-5-4-8-16(18)17-12-15(10-11-19(17)22)20(23)24-13-14-6-2-1-3-7-14/h1-12H,13,22H2. The molecule has 0 amide bonds. The number of ether oxygens (including phenoxy) is 1. The normalized spacial score (nSPS) is 10.4. The Balaban J connectivity index is 1.83. The highest BCUT2D eigenvalue weighted by molar-refractivity contribution is 6.33. The lowest BCUT2D eigenvalue weighted by atomic mass is 10.0. The van der Waals surface area contributed by atoms with Gasteiger partial charge in [-0.2, -0.15) is 0 Å². The van der Waals surface area contributed by atoms with E-state index in [-0.39, 0.29) is 6.61 Å². The number of halogens is 1. The van der Waals surface area contributed by atoms with Crippen LogP contribution in [-0.4, -0.2) is 5.97 Å². The molecule has 120 valence electrons. The summed E-state index contributed by atoms with van der Waals surface area (Å²) in [4.78, 5) is 12.3. The summed E-state index contributed by atoms with van der Waals surface area (Å²) >= 11 is 6.23. The van der Waals surface area contributed by atoms with Crippen molar-refractivity contribution in [1.82, 2.24) is 0 Å². The molecular weight excluding hydrogens is 322 g/mol. The molecule has 3 aromatic carbocycles. The Bertz CT molecular complexity index is 863. The number of hydrogen-bond acceptors (Lipinski definition) is 3. The minimum absolute atomic E-state index is 0.228. The Morgan fingerprint density at radius 2 is 1.62 bits per heavy atom. The highest BCUT2D eigenvalue weighted by Gasteiger charge is 2.13. The number of carbonyl (C=O) groups excluding carboxylic acids is 1. The smallest absolute Gasteiger partial charge is 0.338 e. The zero-order valence-electron chi connectivity index (χ0n) is 12.9. The van der Waals surface area contributed by atoms with Crippen LogP contribution in [0.1, 0.15) is 15.9 Å². The van der Waals surface area contributed by atoms with Crippen molar-refractivity contribution >= 4 is 23.3 Å². The third-order valence-electron chi connectivity index (χ3n) is 3.67. The summed E-state index contributed by atoms with van der Waals surface area (Å²) in [6.45, 7) is 0.228. The van der Waals surface area contributed by atoms with E-state index < -0.39 is 5.97 Å². The van der Waals surface area contributed by atoms with Crippen molar-refractivity contribution in [1.29, 1.82) is 0 Å². The van der Waals surface area contributed by atoms with Crippen LogP contribution in [0.5, 0.6) is 0 Å². The number of nitrogens with two attached hydrogens (primary N) is 1. The molecule has 0 bridgehead atoms. The molecule has 0 atom stereocenters. The van der Waals surface area contributed by atoms with Gasteiger partial charge in [0.2, 0.25) is 0 Å². The van der Waals surface area contributed by atoms with Gasteiger partial charge in [0.15, 0.2) is 0 Å². The maximum atomic E-state index is 12.3.